The maximum atomic E-state index is 5.56. The summed E-state index contributed by atoms with van der Waals surface area (Å²) in [6, 6.07) is 5.81. The lowest BCUT2D eigenvalue weighted by Gasteiger charge is -2.04. The number of hydrogen-bond acceptors (Lipinski definition) is 2. The van der Waals surface area contributed by atoms with Crippen LogP contribution in [0.4, 0.5) is 5.69 Å². The monoisotopic (exact) mass is 160 g/mol. The summed E-state index contributed by atoms with van der Waals surface area (Å²) in [5, 5.41) is 0. The summed E-state index contributed by atoms with van der Waals surface area (Å²) < 4.78 is 0. The topological polar surface area (TPSA) is 38.4 Å². The molecule has 0 radical (unpaired) electrons. The lowest BCUT2D eigenvalue weighted by molar-refractivity contribution is 1.40. The van der Waals surface area contributed by atoms with E-state index in [1.807, 2.05) is 25.1 Å². The van der Waals surface area contributed by atoms with Crippen molar-refractivity contribution >= 4 is 18.1 Å². The van der Waals surface area contributed by atoms with E-state index in [-0.39, 0.29) is 0 Å². The van der Waals surface area contributed by atoms with Crippen molar-refractivity contribution in [1.82, 2.24) is 0 Å². The average molecular weight is 160 g/mol. The van der Waals surface area contributed by atoms with E-state index in [2.05, 4.69) is 18.3 Å². The predicted octanol–water partition coefficient (Wildman–Crippen LogP) is 2.26. The van der Waals surface area contributed by atoms with E-state index in [4.69, 9.17) is 5.73 Å². The standard InChI is InChI=1S/C10H12N2/c1-7-4-5-9(8(2)11)10(6-7)12-3/h4-6H,2-3,11H2,1H3. The van der Waals surface area contributed by atoms with Gasteiger partial charge in [-0.1, -0.05) is 18.7 Å². The van der Waals surface area contributed by atoms with Gasteiger partial charge in [-0.3, -0.25) is 4.99 Å². The summed E-state index contributed by atoms with van der Waals surface area (Å²) in [5.74, 6) is 0. The van der Waals surface area contributed by atoms with Gasteiger partial charge in [0.25, 0.3) is 0 Å². The van der Waals surface area contributed by atoms with Crippen molar-refractivity contribution in [3.63, 3.8) is 0 Å². The molecule has 0 unspecified atom stereocenters. The Bertz CT molecular complexity index is 327. The van der Waals surface area contributed by atoms with E-state index >= 15 is 0 Å². The van der Waals surface area contributed by atoms with Gasteiger partial charge in [-0.15, -0.1) is 0 Å². The van der Waals surface area contributed by atoms with Crippen LogP contribution in [0.1, 0.15) is 11.1 Å². The molecule has 0 aliphatic heterocycles. The molecule has 1 aromatic carbocycles. The van der Waals surface area contributed by atoms with E-state index in [1.54, 1.807) is 0 Å². The Morgan fingerprint density at radius 3 is 2.67 bits per heavy atom. The highest BCUT2D eigenvalue weighted by Crippen LogP contribution is 2.23. The van der Waals surface area contributed by atoms with Crippen LogP contribution in [0.5, 0.6) is 0 Å². The quantitative estimate of drug-likeness (QED) is 0.662. The molecular formula is C10H12N2. The molecule has 12 heavy (non-hydrogen) atoms. The molecule has 2 nitrogen and oxygen atoms in total. The van der Waals surface area contributed by atoms with Gasteiger partial charge in [0.15, 0.2) is 0 Å². The van der Waals surface area contributed by atoms with Crippen molar-refractivity contribution in [1.29, 1.82) is 0 Å². The molecule has 1 aromatic rings. The Hall–Kier alpha value is -1.57. The van der Waals surface area contributed by atoms with Crippen molar-refractivity contribution in [3.05, 3.63) is 35.9 Å². The third-order valence-electron chi connectivity index (χ3n) is 1.67. The lowest BCUT2D eigenvalue weighted by Crippen LogP contribution is -1.94. The normalized spacial score (nSPS) is 9.42. The number of aliphatic imine (C=N–C) groups is 1. The second-order valence-corrected chi connectivity index (χ2v) is 2.70. The molecule has 0 saturated heterocycles. The smallest absolute Gasteiger partial charge is 0.0717 e. The van der Waals surface area contributed by atoms with Gasteiger partial charge in [0.1, 0.15) is 0 Å². The summed E-state index contributed by atoms with van der Waals surface area (Å²) in [5.41, 5.74) is 8.88. The van der Waals surface area contributed by atoms with Crippen molar-refractivity contribution in [2.45, 2.75) is 6.92 Å². The molecule has 0 bridgehead atoms. The molecule has 0 aliphatic rings. The zero-order valence-electron chi connectivity index (χ0n) is 7.17. The molecule has 0 atom stereocenters. The summed E-state index contributed by atoms with van der Waals surface area (Å²) in [4.78, 5) is 3.86. The number of nitrogens with two attached hydrogens (primary N) is 1. The molecule has 0 aromatic heterocycles. The van der Waals surface area contributed by atoms with Crippen LogP contribution >= 0.6 is 0 Å². The largest absolute Gasteiger partial charge is 0.399 e. The summed E-state index contributed by atoms with van der Waals surface area (Å²) >= 11 is 0. The Kier molecular flexibility index (Phi) is 2.29. The van der Waals surface area contributed by atoms with E-state index < -0.39 is 0 Å². The fraction of sp³-hybridized carbons (Fsp3) is 0.100. The molecule has 1 rings (SSSR count). The zero-order valence-corrected chi connectivity index (χ0v) is 7.17. The third kappa shape index (κ3) is 1.53. The molecule has 2 N–H and O–H groups in total. The van der Waals surface area contributed by atoms with Crippen LogP contribution in [0.25, 0.3) is 5.70 Å². The zero-order chi connectivity index (χ0) is 9.14. The average Bonchev–Trinajstić information content (AvgIpc) is 2.03. The van der Waals surface area contributed by atoms with Crippen LogP contribution in [0.2, 0.25) is 0 Å². The van der Waals surface area contributed by atoms with Gasteiger partial charge in [-0.25, -0.2) is 0 Å². The van der Waals surface area contributed by atoms with Crippen molar-refractivity contribution in [2.24, 2.45) is 10.7 Å². The molecule has 2 heteroatoms. The fourth-order valence-corrected chi connectivity index (χ4v) is 1.04. The summed E-state index contributed by atoms with van der Waals surface area (Å²) in [6.45, 7) is 9.12. The van der Waals surface area contributed by atoms with Crippen molar-refractivity contribution < 1.29 is 0 Å². The summed E-state index contributed by atoms with van der Waals surface area (Å²) in [7, 11) is 0. The first-order valence-electron chi connectivity index (χ1n) is 3.67. The highest BCUT2D eigenvalue weighted by molar-refractivity contribution is 5.72. The molecule has 0 amide bonds. The fourth-order valence-electron chi connectivity index (χ4n) is 1.04. The Morgan fingerprint density at radius 1 is 1.50 bits per heavy atom. The molecular weight excluding hydrogens is 148 g/mol. The van der Waals surface area contributed by atoms with Crippen LogP contribution in [0, 0.1) is 6.92 Å². The highest BCUT2D eigenvalue weighted by Gasteiger charge is 2.00. The number of rotatable bonds is 2. The second kappa shape index (κ2) is 3.22. The van der Waals surface area contributed by atoms with Crippen LogP contribution in [0.3, 0.4) is 0 Å². The number of hydrogen-bond donors (Lipinski definition) is 1. The third-order valence-corrected chi connectivity index (χ3v) is 1.67. The number of nitrogens with zero attached hydrogens (tertiary/aromatic N) is 1. The van der Waals surface area contributed by atoms with E-state index in [9.17, 15) is 0 Å². The molecule has 0 heterocycles. The van der Waals surface area contributed by atoms with E-state index in [1.165, 1.54) is 0 Å². The minimum absolute atomic E-state index is 0.525. The van der Waals surface area contributed by atoms with Gasteiger partial charge >= 0.3 is 0 Å². The molecule has 62 valence electrons. The van der Waals surface area contributed by atoms with Crippen molar-refractivity contribution in [2.75, 3.05) is 0 Å². The second-order valence-electron chi connectivity index (χ2n) is 2.70. The first-order valence-corrected chi connectivity index (χ1v) is 3.67. The van der Waals surface area contributed by atoms with Crippen molar-refractivity contribution in [3.8, 4) is 0 Å². The molecule has 0 spiro atoms. The molecule has 0 aliphatic carbocycles. The Morgan fingerprint density at radius 2 is 2.17 bits per heavy atom. The highest BCUT2D eigenvalue weighted by atomic mass is 14.7. The minimum Gasteiger partial charge on any atom is -0.399 e. The van der Waals surface area contributed by atoms with Crippen LogP contribution in [-0.4, -0.2) is 6.72 Å². The molecule has 0 fully saturated rings. The van der Waals surface area contributed by atoms with Gasteiger partial charge in [0.2, 0.25) is 0 Å². The first kappa shape index (κ1) is 8.53. The Labute approximate surface area is 72.4 Å². The van der Waals surface area contributed by atoms with Gasteiger partial charge in [-0.05, 0) is 25.3 Å². The van der Waals surface area contributed by atoms with E-state index in [0.29, 0.717) is 5.70 Å². The maximum Gasteiger partial charge on any atom is 0.0717 e. The minimum atomic E-state index is 0.525. The van der Waals surface area contributed by atoms with Gasteiger partial charge < -0.3 is 5.73 Å². The molecule has 0 saturated carbocycles. The summed E-state index contributed by atoms with van der Waals surface area (Å²) in [6.07, 6.45) is 0. The van der Waals surface area contributed by atoms with E-state index in [0.717, 1.165) is 16.8 Å². The van der Waals surface area contributed by atoms with Gasteiger partial charge in [0.05, 0.1) is 5.69 Å². The van der Waals surface area contributed by atoms with Gasteiger partial charge in [-0.2, -0.15) is 0 Å². The number of aryl methyl sites for hydroxylation is 1. The van der Waals surface area contributed by atoms with Crippen LogP contribution in [-0.2, 0) is 0 Å². The first-order chi connectivity index (χ1) is 5.65. The van der Waals surface area contributed by atoms with Gasteiger partial charge in [0, 0.05) is 11.3 Å². The van der Waals surface area contributed by atoms with Crippen LogP contribution in [0.15, 0.2) is 29.8 Å². The maximum absolute atomic E-state index is 5.56. The lowest BCUT2D eigenvalue weighted by atomic mass is 10.1. The Balaban J connectivity index is 3.29. The van der Waals surface area contributed by atoms with Crippen LogP contribution < -0.4 is 5.73 Å². The predicted molar refractivity (Wildman–Crippen MR) is 53.6 cm³/mol. The number of benzene rings is 1. The SMILES string of the molecule is C=Nc1cc(C)ccc1C(=C)N.